The van der Waals surface area contributed by atoms with Crippen molar-refractivity contribution in [3.05, 3.63) is 34.6 Å². The normalized spacial score (nSPS) is 18.4. The monoisotopic (exact) mass is 299 g/mol. The Kier molecular flexibility index (Phi) is 5.05. The van der Waals surface area contributed by atoms with Gasteiger partial charge in [0.2, 0.25) is 0 Å². The minimum atomic E-state index is -0.765. The van der Waals surface area contributed by atoms with Gasteiger partial charge in [-0.15, -0.1) is 0 Å². The van der Waals surface area contributed by atoms with Crippen LogP contribution < -0.4 is 0 Å². The molecule has 1 saturated heterocycles. The Balaban J connectivity index is 2.39. The smallest absolute Gasteiger partial charge is 0.123 e. The van der Waals surface area contributed by atoms with Crippen molar-refractivity contribution < 1.29 is 9.50 Å². The van der Waals surface area contributed by atoms with Crippen LogP contribution in [-0.4, -0.2) is 28.6 Å². The second kappa shape index (κ2) is 6.42. The van der Waals surface area contributed by atoms with Crippen LogP contribution in [0.2, 0.25) is 5.02 Å². The van der Waals surface area contributed by atoms with E-state index in [0.717, 1.165) is 38.8 Å². The first-order chi connectivity index (χ1) is 9.55. The highest BCUT2D eigenvalue weighted by Crippen LogP contribution is 2.41. The van der Waals surface area contributed by atoms with Gasteiger partial charge in [0.15, 0.2) is 0 Å². The van der Waals surface area contributed by atoms with E-state index in [-0.39, 0.29) is 11.4 Å². The molecule has 1 fully saturated rings. The topological polar surface area (TPSA) is 23.5 Å². The van der Waals surface area contributed by atoms with E-state index in [0.29, 0.717) is 10.6 Å². The number of likely N-dealkylation sites (tertiary alicyclic amines) is 1. The van der Waals surface area contributed by atoms with E-state index in [9.17, 15) is 9.50 Å². The molecule has 1 aromatic rings. The van der Waals surface area contributed by atoms with Crippen LogP contribution in [0.1, 0.15) is 51.2 Å². The highest BCUT2D eigenvalue weighted by Gasteiger charge is 2.42. The Bertz CT molecular complexity index is 456. The highest BCUT2D eigenvalue weighted by atomic mass is 35.5. The third-order valence-corrected chi connectivity index (χ3v) is 5.07. The Labute approximate surface area is 125 Å². The lowest BCUT2D eigenvalue weighted by atomic mass is 9.81. The Morgan fingerprint density at radius 2 is 1.90 bits per heavy atom. The molecular formula is C16H23ClFNO. The predicted octanol–water partition coefficient (Wildman–Crippen LogP) is 4.17. The molecule has 20 heavy (non-hydrogen) atoms. The second-order valence-electron chi connectivity index (χ2n) is 5.57. The molecule has 0 aliphatic carbocycles. The SMILES string of the molecule is CCC(CC)(C(O)c1cc(F)ccc1Cl)N1CCCC1. The molecule has 1 aliphatic rings. The fourth-order valence-corrected chi connectivity index (χ4v) is 3.65. The van der Waals surface area contributed by atoms with E-state index < -0.39 is 6.10 Å². The van der Waals surface area contributed by atoms with E-state index in [4.69, 9.17) is 11.6 Å². The fraction of sp³-hybridized carbons (Fsp3) is 0.625. The Hall–Kier alpha value is -0.640. The summed E-state index contributed by atoms with van der Waals surface area (Å²) in [6, 6.07) is 4.21. The van der Waals surface area contributed by atoms with Gasteiger partial charge in [-0.25, -0.2) is 4.39 Å². The van der Waals surface area contributed by atoms with E-state index >= 15 is 0 Å². The van der Waals surface area contributed by atoms with Gasteiger partial charge in [0.1, 0.15) is 5.82 Å². The van der Waals surface area contributed by atoms with Crippen molar-refractivity contribution >= 4 is 11.6 Å². The molecule has 0 bridgehead atoms. The number of aliphatic hydroxyl groups excluding tert-OH is 1. The highest BCUT2D eigenvalue weighted by molar-refractivity contribution is 6.31. The average molecular weight is 300 g/mol. The summed E-state index contributed by atoms with van der Waals surface area (Å²) in [6.07, 6.45) is 3.19. The molecule has 2 nitrogen and oxygen atoms in total. The Morgan fingerprint density at radius 1 is 1.30 bits per heavy atom. The number of benzene rings is 1. The van der Waals surface area contributed by atoms with Crippen LogP contribution in [0, 0.1) is 5.82 Å². The van der Waals surface area contributed by atoms with Gasteiger partial charge in [-0.2, -0.15) is 0 Å². The third kappa shape index (κ3) is 2.72. The molecule has 1 N–H and O–H groups in total. The molecule has 0 radical (unpaired) electrons. The maximum absolute atomic E-state index is 13.5. The maximum atomic E-state index is 13.5. The minimum Gasteiger partial charge on any atom is -0.386 e. The molecule has 4 heteroatoms. The van der Waals surface area contributed by atoms with E-state index in [2.05, 4.69) is 18.7 Å². The van der Waals surface area contributed by atoms with Crippen molar-refractivity contribution in [3.8, 4) is 0 Å². The molecular weight excluding hydrogens is 277 g/mol. The van der Waals surface area contributed by atoms with Gasteiger partial charge in [-0.3, -0.25) is 4.90 Å². The minimum absolute atomic E-state index is 0.353. The molecule has 1 aliphatic heterocycles. The van der Waals surface area contributed by atoms with Gasteiger partial charge in [-0.1, -0.05) is 25.4 Å². The van der Waals surface area contributed by atoms with Crippen molar-refractivity contribution in [2.75, 3.05) is 13.1 Å². The van der Waals surface area contributed by atoms with Crippen LogP contribution in [0.3, 0.4) is 0 Å². The summed E-state index contributed by atoms with van der Waals surface area (Å²) < 4.78 is 13.5. The lowest BCUT2D eigenvalue weighted by Gasteiger charge is -2.45. The molecule has 112 valence electrons. The van der Waals surface area contributed by atoms with Crippen LogP contribution >= 0.6 is 11.6 Å². The number of halogens is 2. The van der Waals surface area contributed by atoms with Crippen LogP contribution in [0.25, 0.3) is 0 Å². The summed E-state index contributed by atoms with van der Waals surface area (Å²) in [4.78, 5) is 2.35. The molecule has 2 rings (SSSR count). The van der Waals surface area contributed by atoms with E-state index in [1.165, 1.54) is 18.2 Å². The molecule has 0 saturated carbocycles. The molecule has 0 amide bonds. The molecule has 1 aromatic carbocycles. The average Bonchev–Trinajstić information content (AvgIpc) is 2.98. The number of hydrogen-bond donors (Lipinski definition) is 1. The summed E-state index contributed by atoms with van der Waals surface area (Å²) in [7, 11) is 0. The number of rotatable bonds is 5. The largest absolute Gasteiger partial charge is 0.386 e. The lowest BCUT2D eigenvalue weighted by Crippen LogP contribution is -2.51. The van der Waals surface area contributed by atoms with Gasteiger partial charge >= 0.3 is 0 Å². The number of aliphatic hydroxyl groups is 1. The molecule has 0 spiro atoms. The molecule has 1 atom stereocenters. The lowest BCUT2D eigenvalue weighted by molar-refractivity contribution is -0.0295. The maximum Gasteiger partial charge on any atom is 0.123 e. The Morgan fingerprint density at radius 3 is 2.45 bits per heavy atom. The second-order valence-corrected chi connectivity index (χ2v) is 5.98. The summed E-state index contributed by atoms with van der Waals surface area (Å²) in [5.74, 6) is -0.356. The van der Waals surface area contributed by atoms with E-state index in [1.54, 1.807) is 0 Å². The zero-order valence-electron chi connectivity index (χ0n) is 12.2. The van der Waals surface area contributed by atoms with Crippen molar-refractivity contribution in [1.29, 1.82) is 0 Å². The van der Waals surface area contributed by atoms with Gasteiger partial charge in [0, 0.05) is 10.6 Å². The quantitative estimate of drug-likeness (QED) is 0.882. The first kappa shape index (κ1) is 15.7. The summed E-state index contributed by atoms with van der Waals surface area (Å²) in [6.45, 7) is 6.15. The van der Waals surface area contributed by atoms with Crippen molar-refractivity contribution in [3.63, 3.8) is 0 Å². The molecule has 1 heterocycles. The van der Waals surface area contributed by atoms with Crippen LogP contribution in [0.15, 0.2) is 18.2 Å². The van der Waals surface area contributed by atoms with Crippen LogP contribution in [-0.2, 0) is 0 Å². The van der Waals surface area contributed by atoms with Crippen molar-refractivity contribution in [1.82, 2.24) is 4.90 Å². The van der Waals surface area contributed by atoms with Crippen LogP contribution in [0.4, 0.5) is 4.39 Å². The fourth-order valence-electron chi connectivity index (χ4n) is 3.43. The summed E-state index contributed by atoms with van der Waals surface area (Å²) >= 11 is 6.17. The van der Waals surface area contributed by atoms with Crippen molar-refractivity contribution in [2.45, 2.75) is 51.2 Å². The van der Waals surface area contributed by atoms with E-state index in [1.807, 2.05) is 0 Å². The molecule has 1 unspecified atom stereocenters. The van der Waals surface area contributed by atoms with Gasteiger partial charge in [0.05, 0.1) is 11.6 Å². The van der Waals surface area contributed by atoms with Crippen molar-refractivity contribution in [2.24, 2.45) is 0 Å². The molecule has 0 aromatic heterocycles. The number of hydrogen-bond acceptors (Lipinski definition) is 2. The zero-order chi connectivity index (χ0) is 14.8. The summed E-state index contributed by atoms with van der Waals surface area (Å²) in [5.41, 5.74) is 0.149. The third-order valence-electron chi connectivity index (χ3n) is 4.72. The van der Waals surface area contributed by atoms with Gasteiger partial charge in [0.25, 0.3) is 0 Å². The zero-order valence-corrected chi connectivity index (χ0v) is 13.0. The first-order valence-electron chi connectivity index (χ1n) is 7.43. The number of nitrogens with zero attached hydrogens (tertiary/aromatic N) is 1. The van der Waals surface area contributed by atoms with Gasteiger partial charge in [-0.05, 0) is 57.0 Å². The summed E-state index contributed by atoms with van der Waals surface area (Å²) in [5, 5.41) is 11.3. The van der Waals surface area contributed by atoms with Crippen LogP contribution in [0.5, 0.6) is 0 Å². The first-order valence-corrected chi connectivity index (χ1v) is 7.81. The standard InChI is InChI=1S/C16H23ClFNO/c1-3-16(4-2,19-9-5-6-10-19)15(20)13-11-12(18)7-8-14(13)17/h7-8,11,15,20H,3-6,9-10H2,1-2H3. The van der Waals surface area contributed by atoms with Gasteiger partial charge < -0.3 is 5.11 Å². The predicted molar refractivity (Wildman–Crippen MR) is 80.5 cm³/mol.